The van der Waals surface area contributed by atoms with E-state index < -0.39 is 0 Å². The van der Waals surface area contributed by atoms with E-state index in [2.05, 4.69) is 31.9 Å². The van der Waals surface area contributed by atoms with Crippen molar-refractivity contribution in [3.8, 4) is 5.75 Å². The van der Waals surface area contributed by atoms with Crippen LogP contribution in [-0.2, 0) is 11.2 Å². The maximum absolute atomic E-state index is 13.7. The Labute approximate surface area is 221 Å². The second kappa shape index (κ2) is 11.6. The molecule has 194 valence electrons. The highest BCUT2D eigenvalue weighted by molar-refractivity contribution is 8.00. The molecule has 0 radical (unpaired) electrons. The van der Waals surface area contributed by atoms with Gasteiger partial charge in [0.05, 0.1) is 12.6 Å². The molecule has 6 nitrogen and oxygen atoms in total. The summed E-state index contributed by atoms with van der Waals surface area (Å²) in [7, 11) is 1.60. The predicted molar refractivity (Wildman–Crippen MR) is 148 cm³/mol. The van der Waals surface area contributed by atoms with Crippen molar-refractivity contribution in [3.05, 3.63) is 65.8 Å². The summed E-state index contributed by atoms with van der Waals surface area (Å²) in [4.78, 5) is 24.3. The standard InChI is InChI=1S/C29H33FN4O2S/c1-19-14-21(9-10-24(19)30)33-29-23-16-20(27(36-2)17-25(23)31-18-32-29)15-22(35)6-5-11-34-12-13-37-28-8-4-3-7-26(28)34/h5-6,9-10,14,16-18,26,28H,3-4,7-8,11-13,15H2,1-2H3,(H,31,32,33)/b6-5+. The second-order valence-corrected chi connectivity index (χ2v) is 11.1. The zero-order valence-electron chi connectivity index (χ0n) is 21.4. The number of carbonyl (C=O) groups excluding carboxylic acids is 1. The summed E-state index contributed by atoms with van der Waals surface area (Å²) in [6, 6.07) is 9.22. The van der Waals surface area contributed by atoms with Crippen molar-refractivity contribution < 1.29 is 13.9 Å². The van der Waals surface area contributed by atoms with Gasteiger partial charge in [0, 0.05) is 59.3 Å². The Morgan fingerprint density at radius 1 is 1.24 bits per heavy atom. The Hall–Kier alpha value is -2.97. The lowest BCUT2D eigenvalue weighted by molar-refractivity contribution is -0.114. The number of allylic oxidation sites excluding steroid dienone is 1. The van der Waals surface area contributed by atoms with E-state index in [9.17, 15) is 9.18 Å². The van der Waals surface area contributed by atoms with Crippen LogP contribution in [0.5, 0.6) is 5.75 Å². The fourth-order valence-corrected chi connectivity index (χ4v) is 6.89. The Morgan fingerprint density at radius 3 is 2.95 bits per heavy atom. The van der Waals surface area contributed by atoms with Crippen molar-refractivity contribution in [2.45, 2.75) is 50.3 Å². The second-order valence-electron chi connectivity index (χ2n) is 9.79. The van der Waals surface area contributed by atoms with Gasteiger partial charge in [-0.1, -0.05) is 18.9 Å². The number of carbonyl (C=O) groups is 1. The highest BCUT2D eigenvalue weighted by Crippen LogP contribution is 2.35. The van der Waals surface area contributed by atoms with Crippen molar-refractivity contribution in [1.29, 1.82) is 0 Å². The minimum Gasteiger partial charge on any atom is -0.496 e. The van der Waals surface area contributed by atoms with Crippen LogP contribution in [0.25, 0.3) is 10.9 Å². The van der Waals surface area contributed by atoms with Gasteiger partial charge in [0.2, 0.25) is 0 Å². The van der Waals surface area contributed by atoms with Gasteiger partial charge in [0.1, 0.15) is 23.7 Å². The summed E-state index contributed by atoms with van der Waals surface area (Å²) in [5.74, 6) is 2.16. The molecule has 2 heterocycles. The number of ketones is 1. The van der Waals surface area contributed by atoms with Crippen molar-refractivity contribution in [1.82, 2.24) is 14.9 Å². The number of methoxy groups -OCH3 is 1. The quantitative estimate of drug-likeness (QED) is 0.373. The zero-order chi connectivity index (χ0) is 25.8. The Bertz CT molecular complexity index is 1310. The number of hydrogen-bond donors (Lipinski definition) is 1. The molecule has 2 atom stereocenters. The van der Waals surface area contributed by atoms with Crippen LogP contribution in [0.15, 0.2) is 48.8 Å². The molecule has 1 N–H and O–H groups in total. The third kappa shape index (κ3) is 5.96. The molecule has 8 heteroatoms. The van der Waals surface area contributed by atoms with E-state index >= 15 is 0 Å². The highest BCUT2D eigenvalue weighted by Gasteiger charge is 2.32. The summed E-state index contributed by atoms with van der Waals surface area (Å²) in [6.07, 6.45) is 10.7. The fraction of sp³-hybridized carbons (Fsp3) is 0.414. The van der Waals surface area contributed by atoms with E-state index in [0.717, 1.165) is 35.0 Å². The predicted octanol–water partition coefficient (Wildman–Crippen LogP) is 5.86. The number of ether oxygens (including phenoxy) is 1. The SMILES string of the molecule is COc1cc2ncnc(Nc3ccc(F)c(C)c3)c2cc1CC(=O)/C=C/CN1CCSC2CCCCC21. The van der Waals surface area contributed by atoms with Gasteiger partial charge in [0.25, 0.3) is 0 Å². The Balaban J connectivity index is 1.31. The van der Waals surface area contributed by atoms with E-state index in [0.29, 0.717) is 28.7 Å². The average molecular weight is 521 g/mol. The van der Waals surface area contributed by atoms with E-state index in [1.165, 1.54) is 43.8 Å². The summed E-state index contributed by atoms with van der Waals surface area (Å²) < 4.78 is 19.3. The van der Waals surface area contributed by atoms with Crippen LogP contribution in [0.2, 0.25) is 0 Å². The highest BCUT2D eigenvalue weighted by atomic mass is 32.2. The normalized spacial score (nSPS) is 20.2. The van der Waals surface area contributed by atoms with Crippen LogP contribution < -0.4 is 10.1 Å². The van der Waals surface area contributed by atoms with E-state index in [1.54, 1.807) is 32.2 Å². The third-order valence-corrected chi connectivity index (χ3v) is 8.71. The van der Waals surface area contributed by atoms with Gasteiger partial charge < -0.3 is 10.1 Å². The van der Waals surface area contributed by atoms with Crippen molar-refractivity contribution in [3.63, 3.8) is 0 Å². The number of fused-ring (bicyclic) bond motifs is 2. The lowest BCUT2D eigenvalue weighted by Gasteiger charge is -2.43. The van der Waals surface area contributed by atoms with E-state index in [1.807, 2.05) is 18.2 Å². The number of hydrogen-bond acceptors (Lipinski definition) is 7. The molecule has 5 rings (SSSR count). The number of thioether (sulfide) groups is 1. The van der Waals surface area contributed by atoms with Crippen molar-refractivity contribution >= 4 is 40.0 Å². The first-order valence-electron chi connectivity index (χ1n) is 12.9. The molecular formula is C29H33FN4O2S. The van der Waals surface area contributed by atoms with Crippen LogP contribution in [-0.4, -0.2) is 57.9 Å². The molecule has 2 aliphatic rings. The van der Waals surface area contributed by atoms with Crippen LogP contribution in [0.1, 0.15) is 36.8 Å². The molecule has 1 saturated heterocycles. The van der Waals surface area contributed by atoms with Crippen LogP contribution in [0.4, 0.5) is 15.9 Å². The summed E-state index contributed by atoms with van der Waals surface area (Å²) in [5.41, 5.74) is 2.75. The van der Waals surface area contributed by atoms with Crippen LogP contribution in [0.3, 0.4) is 0 Å². The van der Waals surface area contributed by atoms with Gasteiger partial charge in [-0.25, -0.2) is 14.4 Å². The third-order valence-electron chi connectivity index (χ3n) is 7.31. The molecular weight excluding hydrogens is 487 g/mol. The molecule has 37 heavy (non-hydrogen) atoms. The number of nitrogens with one attached hydrogen (secondary N) is 1. The Morgan fingerprint density at radius 2 is 2.11 bits per heavy atom. The smallest absolute Gasteiger partial charge is 0.159 e. The summed E-state index contributed by atoms with van der Waals surface area (Å²) >= 11 is 2.12. The first-order chi connectivity index (χ1) is 18.0. The first-order valence-corrected chi connectivity index (χ1v) is 14.0. The van der Waals surface area contributed by atoms with Gasteiger partial charge in [-0.2, -0.15) is 11.8 Å². The fourth-order valence-electron chi connectivity index (χ4n) is 5.39. The van der Waals surface area contributed by atoms with Crippen LogP contribution in [0, 0.1) is 12.7 Å². The van der Waals surface area contributed by atoms with Gasteiger partial charge in [-0.05, 0) is 55.7 Å². The maximum Gasteiger partial charge on any atom is 0.159 e. The van der Waals surface area contributed by atoms with Gasteiger partial charge in [0.15, 0.2) is 5.78 Å². The molecule has 2 aromatic carbocycles. The van der Waals surface area contributed by atoms with Gasteiger partial charge in [-0.15, -0.1) is 0 Å². The van der Waals surface area contributed by atoms with Crippen molar-refractivity contribution in [2.75, 3.05) is 31.3 Å². The van der Waals surface area contributed by atoms with E-state index in [-0.39, 0.29) is 18.0 Å². The number of halogens is 1. The minimum absolute atomic E-state index is 0.0322. The first kappa shape index (κ1) is 25.7. The van der Waals surface area contributed by atoms with Crippen molar-refractivity contribution in [2.24, 2.45) is 0 Å². The molecule has 1 aromatic heterocycles. The number of anilines is 2. The lowest BCUT2D eigenvalue weighted by atomic mass is 9.93. The largest absolute Gasteiger partial charge is 0.496 e. The average Bonchev–Trinajstić information content (AvgIpc) is 2.91. The number of rotatable bonds is 8. The molecule has 2 unspecified atom stereocenters. The summed E-state index contributed by atoms with van der Waals surface area (Å²) in [6.45, 7) is 3.63. The number of aromatic nitrogens is 2. The molecule has 3 aromatic rings. The number of nitrogens with zero attached hydrogens (tertiary/aromatic N) is 3. The number of aryl methyl sites for hydroxylation is 1. The van der Waals surface area contributed by atoms with E-state index in [4.69, 9.17) is 4.74 Å². The van der Waals surface area contributed by atoms with Gasteiger partial charge >= 0.3 is 0 Å². The molecule has 1 aliphatic heterocycles. The Kier molecular flexibility index (Phi) is 8.05. The molecule has 0 bridgehead atoms. The number of benzene rings is 2. The van der Waals surface area contributed by atoms with Gasteiger partial charge in [-0.3, -0.25) is 9.69 Å². The van der Waals surface area contributed by atoms with Crippen LogP contribution >= 0.6 is 11.8 Å². The minimum atomic E-state index is -0.255. The topological polar surface area (TPSA) is 67.4 Å². The molecule has 2 fully saturated rings. The zero-order valence-corrected chi connectivity index (χ0v) is 22.2. The molecule has 1 saturated carbocycles. The molecule has 1 aliphatic carbocycles. The lowest BCUT2D eigenvalue weighted by Crippen LogP contribution is -2.48. The molecule has 0 spiro atoms. The summed E-state index contributed by atoms with van der Waals surface area (Å²) in [5, 5.41) is 4.78. The monoisotopic (exact) mass is 520 g/mol. The molecule has 0 amide bonds. The maximum atomic E-state index is 13.7.